The molecule has 27 heavy (non-hydrogen) atoms. The van der Waals surface area contributed by atoms with Gasteiger partial charge in [-0.1, -0.05) is 0 Å². The Morgan fingerprint density at radius 3 is 1.89 bits per heavy atom. The number of likely N-dealkylation sites (tertiary alicyclic amines) is 1. The number of carbonyl (C=O) groups excluding carboxylic acids is 2. The van der Waals surface area contributed by atoms with E-state index in [4.69, 9.17) is 9.84 Å². The molecule has 0 saturated carbocycles. The van der Waals surface area contributed by atoms with Crippen molar-refractivity contribution in [2.24, 2.45) is 0 Å². The van der Waals surface area contributed by atoms with Crippen LogP contribution in [0.5, 0.6) is 0 Å². The highest BCUT2D eigenvalue weighted by Gasteiger charge is 2.75. The standard InChI is InChI=1S/C14H18F6N2O5/c1-11(2,3)27-10(26)21-7(4-8(23)24)9(25)22-5-12(15,16)14(19,20)13(17,18)6-22/h7H,4-6H2,1-3H3,(H,21,26)(H,23,24). The van der Waals surface area contributed by atoms with Gasteiger partial charge in [-0.15, -0.1) is 0 Å². The van der Waals surface area contributed by atoms with Crippen LogP contribution in [0.15, 0.2) is 0 Å². The van der Waals surface area contributed by atoms with Crippen molar-refractivity contribution in [1.29, 1.82) is 0 Å². The van der Waals surface area contributed by atoms with E-state index in [0.29, 0.717) is 0 Å². The molecular formula is C14H18F6N2O5. The molecule has 0 aliphatic carbocycles. The fourth-order valence-electron chi connectivity index (χ4n) is 2.20. The van der Waals surface area contributed by atoms with Gasteiger partial charge in [0.2, 0.25) is 5.91 Å². The molecule has 1 rings (SSSR count). The highest BCUT2D eigenvalue weighted by molar-refractivity contribution is 5.89. The van der Waals surface area contributed by atoms with Gasteiger partial charge in [0.05, 0.1) is 19.5 Å². The summed E-state index contributed by atoms with van der Waals surface area (Å²) in [5.41, 5.74) is -1.08. The molecular weight excluding hydrogens is 390 g/mol. The number of hydrogen-bond donors (Lipinski definition) is 2. The van der Waals surface area contributed by atoms with E-state index in [0.717, 1.165) is 0 Å². The highest BCUT2D eigenvalue weighted by Crippen LogP contribution is 2.49. The zero-order valence-electron chi connectivity index (χ0n) is 14.5. The Bertz CT molecular complexity index is 600. The summed E-state index contributed by atoms with van der Waals surface area (Å²) < 4.78 is 84.9. The van der Waals surface area contributed by atoms with Crippen molar-refractivity contribution in [1.82, 2.24) is 10.2 Å². The number of carbonyl (C=O) groups is 3. The smallest absolute Gasteiger partial charge is 0.408 e. The monoisotopic (exact) mass is 408 g/mol. The maximum absolute atomic E-state index is 13.4. The van der Waals surface area contributed by atoms with E-state index in [2.05, 4.69) is 0 Å². The zero-order valence-corrected chi connectivity index (χ0v) is 14.5. The summed E-state index contributed by atoms with van der Waals surface area (Å²) in [5, 5.41) is 10.6. The third-order valence-electron chi connectivity index (χ3n) is 3.38. The van der Waals surface area contributed by atoms with Gasteiger partial charge in [0, 0.05) is 0 Å². The SMILES string of the molecule is CC(C)(C)OC(=O)NC(CC(=O)O)C(=O)N1CC(F)(F)C(F)(F)C(F)(F)C1. The van der Waals surface area contributed by atoms with Crippen molar-refractivity contribution in [3.05, 3.63) is 0 Å². The molecule has 0 spiro atoms. The first kappa shape index (κ1) is 22.8. The van der Waals surface area contributed by atoms with Crippen molar-refractivity contribution in [3.8, 4) is 0 Å². The normalized spacial score (nSPS) is 21.9. The Labute approximate surface area is 149 Å². The fraction of sp³-hybridized carbons (Fsp3) is 0.786. The van der Waals surface area contributed by atoms with E-state index < -0.39 is 66.9 Å². The average Bonchev–Trinajstić information content (AvgIpc) is 2.40. The zero-order chi connectivity index (χ0) is 21.4. The summed E-state index contributed by atoms with van der Waals surface area (Å²) >= 11 is 0. The molecule has 1 aliphatic rings. The molecule has 1 saturated heterocycles. The molecule has 0 aromatic heterocycles. The number of piperidine rings is 1. The van der Waals surface area contributed by atoms with Gasteiger partial charge in [-0.3, -0.25) is 9.59 Å². The number of carboxylic acids is 1. The number of nitrogens with one attached hydrogen (secondary N) is 1. The minimum absolute atomic E-state index is 0.303. The van der Waals surface area contributed by atoms with Gasteiger partial charge in [-0.25, -0.2) is 4.79 Å². The van der Waals surface area contributed by atoms with E-state index in [1.807, 2.05) is 0 Å². The Balaban J connectivity index is 3.05. The summed E-state index contributed by atoms with van der Waals surface area (Å²) in [6, 6.07) is -2.07. The van der Waals surface area contributed by atoms with Crippen LogP contribution in [-0.2, 0) is 14.3 Å². The first-order valence-corrected chi connectivity index (χ1v) is 7.53. The molecule has 0 bridgehead atoms. The van der Waals surface area contributed by atoms with Crippen molar-refractivity contribution in [2.75, 3.05) is 13.1 Å². The van der Waals surface area contributed by atoms with Crippen molar-refractivity contribution < 1.29 is 50.6 Å². The summed E-state index contributed by atoms with van der Waals surface area (Å²) in [4.78, 5) is 34.4. The molecule has 0 aromatic carbocycles. The van der Waals surface area contributed by atoms with Crippen LogP contribution in [0.25, 0.3) is 0 Å². The van der Waals surface area contributed by atoms with Crippen LogP contribution < -0.4 is 5.32 Å². The van der Waals surface area contributed by atoms with Crippen molar-refractivity contribution >= 4 is 18.0 Å². The molecule has 1 atom stereocenters. The maximum atomic E-state index is 13.4. The van der Waals surface area contributed by atoms with E-state index in [9.17, 15) is 40.7 Å². The van der Waals surface area contributed by atoms with Crippen LogP contribution in [0, 0.1) is 0 Å². The molecule has 7 nitrogen and oxygen atoms in total. The van der Waals surface area contributed by atoms with Gasteiger partial charge in [0.15, 0.2) is 0 Å². The molecule has 13 heteroatoms. The molecule has 0 aromatic rings. The number of alkyl carbamates (subject to hydrolysis) is 1. The summed E-state index contributed by atoms with van der Waals surface area (Å²) in [6.45, 7) is 0.137. The van der Waals surface area contributed by atoms with Crippen LogP contribution in [0.3, 0.4) is 0 Å². The van der Waals surface area contributed by atoms with Crippen LogP contribution in [0.1, 0.15) is 27.2 Å². The molecule has 1 aliphatic heterocycles. The third-order valence-corrected chi connectivity index (χ3v) is 3.38. The van der Waals surface area contributed by atoms with Gasteiger partial charge >= 0.3 is 29.8 Å². The predicted octanol–water partition coefficient (Wildman–Crippen LogP) is 2.10. The lowest BCUT2D eigenvalue weighted by atomic mass is 9.97. The van der Waals surface area contributed by atoms with Crippen LogP contribution in [0.2, 0.25) is 0 Å². The summed E-state index contributed by atoms with van der Waals surface area (Å²) in [5.74, 6) is -19.6. The second-order valence-electron chi connectivity index (χ2n) is 6.97. The number of carboxylic acid groups (broad SMARTS) is 1. The number of aliphatic carboxylic acids is 1. The lowest BCUT2D eigenvalue weighted by Crippen LogP contribution is -2.69. The number of amides is 2. The number of nitrogens with zero attached hydrogens (tertiary/aromatic N) is 1. The van der Waals surface area contributed by atoms with Gasteiger partial charge in [-0.05, 0) is 20.8 Å². The summed E-state index contributed by atoms with van der Waals surface area (Å²) in [7, 11) is 0. The van der Waals surface area contributed by atoms with Gasteiger partial charge in [-0.2, -0.15) is 26.3 Å². The maximum Gasteiger partial charge on any atom is 0.408 e. The van der Waals surface area contributed by atoms with Crippen LogP contribution >= 0.6 is 0 Å². The Morgan fingerprint density at radius 2 is 1.52 bits per heavy atom. The van der Waals surface area contributed by atoms with Crippen LogP contribution in [-0.4, -0.2) is 70.5 Å². The Hall–Kier alpha value is -2.21. The Kier molecular flexibility index (Phi) is 5.98. The molecule has 1 heterocycles. The molecule has 2 amide bonds. The summed E-state index contributed by atoms with van der Waals surface area (Å²) in [6.07, 6.45) is -2.48. The minimum atomic E-state index is -5.70. The number of alkyl halides is 6. The number of halogens is 6. The number of hydrogen-bond acceptors (Lipinski definition) is 4. The van der Waals surface area contributed by atoms with E-state index in [1.54, 1.807) is 5.32 Å². The molecule has 156 valence electrons. The largest absolute Gasteiger partial charge is 0.481 e. The lowest BCUT2D eigenvalue weighted by molar-refractivity contribution is -0.335. The number of rotatable bonds is 4. The fourth-order valence-corrected chi connectivity index (χ4v) is 2.20. The van der Waals surface area contributed by atoms with E-state index >= 15 is 0 Å². The molecule has 2 N–H and O–H groups in total. The average molecular weight is 408 g/mol. The minimum Gasteiger partial charge on any atom is -0.481 e. The van der Waals surface area contributed by atoms with Crippen molar-refractivity contribution in [3.63, 3.8) is 0 Å². The molecule has 1 unspecified atom stereocenters. The van der Waals surface area contributed by atoms with Gasteiger partial charge < -0.3 is 20.1 Å². The second kappa shape index (κ2) is 7.08. The Morgan fingerprint density at radius 1 is 1.07 bits per heavy atom. The number of ether oxygens (including phenoxy) is 1. The molecule has 1 fully saturated rings. The molecule has 0 radical (unpaired) electrons. The van der Waals surface area contributed by atoms with E-state index in [-0.39, 0.29) is 4.90 Å². The highest BCUT2D eigenvalue weighted by atomic mass is 19.3. The van der Waals surface area contributed by atoms with Crippen LogP contribution in [0.4, 0.5) is 31.1 Å². The quantitative estimate of drug-likeness (QED) is 0.695. The lowest BCUT2D eigenvalue weighted by Gasteiger charge is -2.43. The van der Waals surface area contributed by atoms with Gasteiger partial charge in [0.1, 0.15) is 11.6 Å². The van der Waals surface area contributed by atoms with E-state index in [1.165, 1.54) is 20.8 Å². The third kappa shape index (κ3) is 5.16. The topological polar surface area (TPSA) is 95.9 Å². The first-order valence-electron chi connectivity index (χ1n) is 7.53. The van der Waals surface area contributed by atoms with Crippen molar-refractivity contribution in [2.45, 2.75) is 56.6 Å². The predicted molar refractivity (Wildman–Crippen MR) is 76.8 cm³/mol. The second-order valence-corrected chi connectivity index (χ2v) is 6.97. The first-order chi connectivity index (χ1) is 11.9. The van der Waals surface area contributed by atoms with Gasteiger partial charge in [0.25, 0.3) is 0 Å².